The van der Waals surface area contributed by atoms with Crippen LogP contribution in [0.25, 0.3) is 0 Å². The smallest absolute Gasteiger partial charge is 0.315 e. The first-order valence-electron chi connectivity index (χ1n) is 3.98. The van der Waals surface area contributed by atoms with Crippen LogP contribution in [0.2, 0.25) is 0 Å². The third-order valence-electron chi connectivity index (χ3n) is 1.84. The van der Waals surface area contributed by atoms with Crippen LogP contribution in [0.5, 0.6) is 0 Å². The molecule has 0 saturated heterocycles. The molecule has 1 fully saturated rings. The third kappa shape index (κ3) is 2.76. The van der Waals surface area contributed by atoms with E-state index in [1.807, 2.05) is 0 Å². The van der Waals surface area contributed by atoms with Crippen LogP contribution in [0.15, 0.2) is 0 Å². The Kier molecular flexibility index (Phi) is 3.16. The Hall–Kier alpha value is -0.770. The van der Waals surface area contributed by atoms with Crippen LogP contribution in [-0.2, 0) is 0 Å². The molecule has 1 saturated carbocycles. The predicted octanol–water partition coefficient (Wildman–Crippen LogP) is -0.170. The average Bonchev–Trinajstić information content (AvgIpc) is 1.93. The molecule has 11 heavy (non-hydrogen) atoms. The maximum absolute atomic E-state index is 10.9. The number of amides is 2. The maximum atomic E-state index is 10.9. The fourth-order valence-electron chi connectivity index (χ4n) is 0.958. The second-order valence-electron chi connectivity index (χ2n) is 2.75. The van der Waals surface area contributed by atoms with Crippen LogP contribution in [0.3, 0.4) is 0 Å². The molecule has 0 atom stereocenters. The highest BCUT2D eigenvalue weighted by Crippen LogP contribution is 2.17. The van der Waals surface area contributed by atoms with Gasteiger partial charge in [-0.2, -0.15) is 0 Å². The van der Waals surface area contributed by atoms with Crippen molar-refractivity contribution in [2.45, 2.75) is 25.3 Å². The highest BCUT2D eigenvalue weighted by Gasteiger charge is 2.18. The quantitative estimate of drug-likeness (QED) is 0.534. The second-order valence-corrected chi connectivity index (χ2v) is 2.75. The first-order chi connectivity index (χ1) is 5.33. The van der Waals surface area contributed by atoms with Gasteiger partial charge in [-0.25, -0.2) is 4.79 Å². The summed E-state index contributed by atoms with van der Waals surface area (Å²) in [6, 6.07) is 0.206. The van der Waals surface area contributed by atoms with E-state index in [2.05, 4.69) is 10.6 Å². The van der Waals surface area contributed by atoms with E-state index in [1.54, 1.807) is 0 Å². The van der Waals surface area contributed by atoms with Gasteiger partial charge in [0, 0.05) is 12.6 Å². The highest BCUT2D eigenvalue weighted by atomic mass is 16.3. The largest absolute Gasteiger partial charge is 0.395 e. The summed E-state index contributed by atoms with van der Waals surface area (Å²) in [7, 11) is 0. The molecule has 0 spiro atoms. The lowest BCUT2D eigenvalue weighted by molar-refractivity contribution is 0.223. The number of carbonyl (C=O) groups excluding carboxylic acids is 1. The molecule has 4 nitrogen and oxygen atoms in total. The van der Waals surface area contributed by atoms with Crippen LogP contribution < -0.4 is 10.6 Å². The van der Waals surface area contributed by atoms with Gasteiger partial charge in [0.05, 0.1) is 6.61 Å². The minimum atomic E-state index is -0.163. The van der Waals surface area contributed by atoms with Crippen molar-refractivity contribution in [3.63, 3.8) is 0 Å². The number of aliphatic hydroxyl groups excluding tert-OH is 1. The maximum Gasteiger partial charge on any atom is 0.315 e. The molecular weight excluding hydrogens is 144 g/mol. The average molecular weight is 158 g/mol. The summed E-state index contributed by atoms with van der Waals surface area (Å²) in [5, 5.41) is 13.7. The molecule has 0 aromatic carbocycles. The summed E-state index contributed by atoms with van der Waals surface area (Å²) in [6.45, 7) is 0.330. The summed E-state index contributed by atoms with van der Waals surface area (Å²) in [4.78, 5) is 10.9. The van der Waals surface area contributed by atoms with Crippen molar-refractivity contribution in [2.24, 2.45) is 0 Å². The Morgan fingerprint density at radius 3 is 2.73 bits per heavy atom. The molecule has 0 radical (unpaired) electrons. The summed E-state index contributed by atoms with van der Waals surface area (Å²) in [5.74, 6) is 0. The van der Waals surface area contributed by atoms with Gasteiger partial charge in [0.2, 0.25) is 0 Å². The van der Waals surface area contributed by atoms with Crippen molar-refractivity contribution in [1.29, 1.82) is 0 Å². The van der Waals surface area contributed by atoms with Gasteiger partial charge in [0.25, 0.3) is 0 Å². The molecule has 1 aliphatic rings. The molecule has 0 aromatic rings. The van der Waals surface area contributed by atoms with Crippen LogP contribution in [0.1, 0.15) is 19.3 Å². The first-order valence-corrected chi connectivity index (χ1v) is 3.98. The molecule has 0 unspecified atom stereocenters. The van der Waals surface area contributed by atoms with Crippen molar-refractivity contribution in [2.75, 3.05) is 13.2 Å². The molecular formula is C7H14N2O2. The Balaban J connectivity index is 2.00. The van der Waals surface area contributed by atoms with Crippen molar-refractivity contribution >= 4 is 6.03 Å². The van der Waals surface area contributed by atoms with Crippen molar-refractivity contribution in [1.82, 2.24) is 10.6 Å². The molecule has 2 amide bonds. The van der Waals surface area contributed by atoms with E-state index < -0.39 is 0 Å². The summed E-state index contributed by atoms with van der Waals surface area (Å²) in [6.07, 6.45) is 3.39. The SMILES string of the molecule is O=C(NCCO)NC1CCC1. The zero-order valence-corrected chi connectivity index (χ0v) is 6.47. The standard InChI is InChI=1S/C7H14N2O2/c10-5-4-8-7(11)9-6-2-1-3-6/h6,10H,1-5H2,(H2,8,9,11). The van der Waals surface area contributed by atoms with Crippen LogP contribution >= 0.6 is 0 Å². The number of carbonyl (C=O) groups is 1. The number of urea groups is 1. The molecule has 1 aliphatic carbocycles. The Morgan fingerprint density at radius 1 is 1.55 bits per heavy atom. The number of rotatable bonds is 3. The van der Waals surface area contributed by atoms with Gasteiger partial charge in [-0.15, -0.1) is 0 Å². The molecule has 3 N–H and O–H groups in total. The Morgan fingerprint density at radius 2 is 2.27 bits per heavy atom. The lowest BCUT2D eigenvalue weighted by atomic mass is 9.93. The lowest BCUT2D eigenvalue weighted by Crippen LogP contribution is -2.45. The van der Waals surface area contributed by atoms with Gasteiger partial charge < -0.3 is 15.7 Å². The van der Waals surface area contributed by atoms with Gasteiger partial charge in [-0.05, 0) is 19.3 Å². The summed E-state index contributed by atoms with van der Waals surface area (Å²) >= 11 is 0. The molecule has 1 rings (SSSR count). The summed E-state index contributed by atoms with van der Waals surface area (Å²) in [5.41, 5.74) is 0. The number of aliphatic hydroxyl groups is 1. The Labute approximate surface area is 66.0 Å². The predicted molar refractivity (Wildman–Crippen MR) is 41.3 cm³/mol. The topological polar surface area (TPSA) is 61.4 Å². The van der Waals surface area contributed by atoms with Crippen molar-refractivity contribution in [3.05, 3.63) is 0 Å². The van der Waals surface area contributed by atoms with E-state index in [-0.39, 0.29) is 12.6 Å². The summed E-state index contributed by atoms with van der Waals surface area (Å²) < 4.78 is 0. The minimum absolute atomic E-state index is 0.00190. The molecule has 64 valence electrons. The van der Waals surface area contributed by atoms with E-state index in [4.69, 9.17) is 5.11 Å². The van der Waals surface area contributed by atoms with Crippen LogP contribution in [-0.4, -0.2) is 30.3 Å². The third-order valence-corrected chi connectivity index (χ3v) is 1.84. The monoisotopic (exact) mass is 158 g/mol. The minimum Gasteiger partial charge on any atom is -0.395 e. The molecule has 0 aromatic heterocycles. The Bertz CT molecular complexity index is 134. The normalized spacial score (nSPS) is 17.2. The molecule has 0 bridgehead atoms. The van der Waals surface area contributed by atoms with E-state index in [0.717, 1.165) is 12.8 Å². The zero-order valence-electron chi connectivity index (χ0n) is 6.47. The number of hydrogen-bond acceptors (Lipinski definition) is 2. The van der Waals surface area contributed by atoms with Crippen molar-refractivity contribution in [3.8, 4) is 0 Å². The van der Waals surface area contributed by atoms with Gasteiger partial charge in [0.15, 0.2) is 0 Å². The molecule has 0 aliphatic heterocycles. The highest BCUT2D eigenvalue weighted by molar-refractivity contribution is 5.74. The van der Waals surface area contributed by atoms with Gasteiger partial charge >= 0.3 is 6.03 Å². The molecule has 0 heterocycles. The van der Waals surface area contributed by atoms with E-state index in [9.17, 15) is 4.79 Å². The zero-order chi connectivity index (χ0) is 8.10. The fraction of sp³-hybridized carbons (Fsp3) is 0.857. The van der Waals surface area contributed by atoms with Crippen molar-refractivity contribution < 1.29 is 9.90 Å². The molecule has 4 heteroatoms. The van der Waals surface area contributed by atoms with Gasteiger partial charge in [0.1, 0.15) is 0 Å². The first kappa shape index (κ1) is 8.33. The van der Waals surface area contributed by atoms with Crippen LogP contribution in [0, 0.1) is 0 Å². The van der Waals surface area contributed by atoms with Crippen LogP contribution in [0.4, 0.5) is 4.79 Å². The van der Waals surface area contributed by atoms with E-state index in [1.165, 1.54) is 6.42 Å². The van der Waals surface area contributed by atoms with Gasteiger partial charge in [-0.1, -0.05) is 0 Å². The number of hydrogen-bond donors (Lipinski definition) is 3. The fourth-order valence-corrected chi connectivity index (χ4v) is 0.958. The van der Waals surface area contributed by atoms with Gasteiger partial charge in [-0.3, -0.25) is 0 Å². The lowest BCUT2D eigenvalue weighted by Gasteiger charge is -2.26. The van der Waals surface area contributed by atoms with E-state index >= 15 is 0 Å². The number of nitrogens with one attached hydrogen (secondary N) is 2. The second kappa shape index (κ2) is 4.18. The van der Waals surface area contributed by atoms with E-state index in [0.29, 0.717) is 12.6 Å².